The topological polar surface area (TPSA) is 73.6 Å². The van der Waals surface area contributed by atoms with Crippen molar-refractivity contribution in [2.45, 2.75) is 59.2 Å². The number of carbonyl (C=O) groups is 1. The van der Waals surface area contributed by atoms with Gasteiger partial charge >= 0.3 is 0 Å². The van der Waals surface area contributed by atoms with Crippen molar-refractivity contribution >= 4 is 18.3 Å². The highest BCUT2D eigenvalue weighted by Gasteiger charge is 2.22. The van der Waals surface area contributed by atoms with Crippen molar-refractivity contribution in [3.63, 3.8) is 0 Å². The van der Waals surface area contributed by atoms with E-state index in [0.717, 1.165) is 29.0 Å². The van der Waals surface area contributed by atoms with Gasteiger partial charge in [0, 0.05) is 24.1 Å². The van der Waals surface area contributed by atoms with Crippen molar-refractivity contribution in [1.82, 2.24) is 5.32 Å². The molecule has 2 rings (SSSR count). The predicted octanol–water partition coefficient (Wildman–Crippen LogP) is 2.82. The Balaban J connectivity index is 0.00000288. The van der Waals surface area contributed by atoms with Gasteiger partial charge in [-0.2, -0.15) is 0 Å². The molecule has 0 spiro atoms. The number of carbonyl (C=O) groups excluding carboxylic acids is 1. The van der Waals surface area contributed by atoms with Gasteiger partial charge in [-0.05, 0) is 38.3 Å². The van der Waals surface area contributed by atoms with Crippen LogP contribution in [0.4, 0.5) is 0 Å². The fraction of sp³-hybridized carbons (Fsp3) is 0.611. The first kappa shape index (κ1) is 20.6. The van der Waals surface area contributed by atoms with E-state index in [1.165, 1.54) is 0 Å². The molecule has 0 radical (unpaired) electrons. The highest BCUT2D eigenvalue weighted by atomic mass is 35.5. The van der Waals surface area contributed by atoms with Crippen LogP contribution in [0.5, 0.6) is 11.5 Å². The molecule has 0 bridgehead atoms. The minimum Gasteiger partial charge on any atom is -0.494 e. The Hall–Kier alpha value is -1.46. The van der Waals surface area contributed by atoms with Crippen LogP contribution >= 0.6 is 12.4 Å². The van der Waals surface area contributed by atoms with Crippen LogP contribution in [0.2, 0.25) is 0 Å². The van der Waals surface area contributed by atoms with Crippen molar-refractivity contribution in [3.8, 4) is 11.5 Å². The Kier molecular flexibility index (Phi) is 7.84. The van der Waals surface area contributed by atoms with Crippen LogP contribution in [0.1, 0.15) is 45.2 Å². The van der Waals surface area contributed by atoms with E-state index in [4.69, 9.17) is 15.2 Å². The van der Waals surface area contributed by atoms with Crippen LogP contribution in [0.15, 0.2) is 12.1 Å². The maximum absolute atomic E-state index is 12.1. The van der Waals surface area contributed by atoms with Crippen LogP contribution in [0, 0.1) is 5.92 Å². The van der Waals surface area contributed by atoms with Gasteiger partial charge in [-0.1, -0.05) is 13.8 Å². The predicted molar refractivity (Wildman–Crippen MR) is 97.9 cm³/mol. The third-order valence-corrected chi connectivity index (χ3v) is 3.89. The summed E-state index contributed by atoms with van der Waals surface area (Å²) in [7, 11) is 0. The van der Waals surface area contributed by atoms with Crippen molar-refractivity contribution in [2.24, 2.45) is 11.7 Å². The van der Waals surface area contributed by atoms with E-state index in [2.05, 4.69) is 19.2 Å². The van der Waals surface area contributed by atoms with E-state index >= 15 is 0 Å². The maximum atomic E-state index is 12.1. The van der Waals surface area contributed by atoms with Crippen molar-refractivity contribution < 1.29 is 14.3 Å². The molecule has 1 aliphatic rings. The summed E-state index contributed by atoms with van der Waals surface area (Å²) in [5.74, 6) is 1.96. The van der Waals surface area contributed by atoms with Crippen molar-refractivity contribution in [1.29, 1.82) is 0 Å². The summed E-state index contributed by atoms with van der Waals surface area (Å²) in [4.78, 5) is 12.1. The van der Waals surface area contributed by atoms with E-state index in [-0.39, 0.29) is 24.4 Å². The van der Waals surface area contributed by atoms with Gasteiger partial charge in [0.15, 0.2) is 0 Å². The maximum Gasteiger partial charge on any atom is 0.237 e. The van der Waals surface area contributed by atoms with Gasteiger partial charge in [-0.3, -0.25) is 4.79 Å². The van der Waals surface area contributed by atoms with Gasteiger partial charge in [-0.25, -0.2) is 0 Å². The zero-order valence-corrected chi connectivity index (χ0v) is 15.7. The molecule has 136 valence electrons. The third kappa shape index (κ3) is 5.28. The van der Waals surface area contributed by atoms with Gasteiger partial charge in [0.1, 0.15) is 17.6 Å². The smallest absolute Gasteiger partial charge is 0.237 e. The fourth-order valence-electron chi connectivity index (χ4n) is 2.84. The normalized spacial score (nSPS) is 16.8. The average Bonchev–Trinajstić information content (AvgIpc) is 2.83. The van der Waals surface area contributed by atoms with Crippen molar-refractivity contribution in [2.75, 3.05) is 6.61 Å². The molecule has 0 saturated heterocycles. The molecule has 1 aromatic carbocycles. The highest BCUT2D eigenvalue weighted by molar-refractivity contribution is 5.85. The second-order valence-electron chi connectivity index (χ2n) is 6.59. The van der Waals surface area contributed by atoms with Crippen molar-refractivity contribution in [3.05, 3.63) is 23.3 Å². The fourth-order valence-corrected chi connectivity index (χ4v) is 2.84. The highest BCUT2D eigenvalue weighted by Crippen LogP contribution is 2.35. The molecule has 1 aliphatic heterocycles. The third-order valence-electron chi connectivity index (χ3n) is 3.89. The number of halogens is 1. The van der Waals surface area contributed by atoms with Crippen LogP contribution < -0.4 is 20.5 Å². The van der Waals surface area contributed by atoms with E-state index in [1.807, 2.05) is 26.0 Å². The summed E-state index contributed by atoms with van der Waals surface area (Å²) < 4.78 is 11.5. The van der Waals surface area contributed by atoms with Crippen LogP contribution in [0.3, 0.4) is 0 Å². The lowest BCUT2D eigenvalue weighted by atomic mass is 10.0. The number of ether oxygens (including phenoxy) is 2. The molecule has 1 heterocycles. The zero-order valence-electron chi connectivity index (χ0n) is 14.9. The first-order chi connectivity index (χ1) is 10.9. The molecule has 6 heteroatoms. The number of benzene rings is 1. The lowest BCUT2D eigenvalue weighted by molar-refractivity contribution is -0.122. The summed E-state index contributed by atoms with van der Waals surface area (Å²) in [6.07, 6.45) is 1.75. The Morgan fingerprint density at radius 2 is 2.17 bits per heavy atom. The summed E-state index contributed by atoms with van der Waals surface area (Å²) >= 11 is 0. The SMILES string of the molecule is CCOc1cc2c(cc1CNC(=O)[C@@H](N)CC(C)C)OC(C)C2.Cl. The quantitative estimate of drug-likeness (QED) is 0.787. The molecular formula is C18H29ClN2O3. The molecule has 5 nitrogen and oxygen atoms in total. The molecule has 3 N–H and O–H groups in total. The first-order valence-corrected chi connectivity index (χ1v) is 8.39. The zero-order chi connectivity index (χ0) is 17.0. The van der Waals surface area contributed by atoms with E-state index in [1.54, 1.807) is 0 Å². The van der Waals surface area contributed by atoms with Crippen LogP contribution in [-0.2, 0) is 17.8 Å². The molecule has 0 aromatic heterocycles. The monoisotopic (exact) mass is 356 g/mol. The number of nitrogens with two attached hydrogens (primary N) is 1. The van der Waals surface area contributed by atoms with Gasteiger partial charge in [-0.15, -0.1) is 12.4 Å². The molecule has 0 aliphatic carbocycles. The largest absolute Gasteiger partial charge is 0.494 e. The number of rotatable bonds is 7. The van der Waals surface area contributed by atoms with Gasteiger partial charge in [0.05, 0.1) is 12.6 Å². The summed E-state index contributed by atoms with van der Waals surface area (Å²) in [6, 6.07) is 3.52. The summed E-state index contributed by atoms with van der Waals surface area (Å²) in [5, 5.41) is 2.91. The Morgan fingerprint density at radius 3 is 2.79 bits per heavy atom. The number of fused-ring (bicyclic) bond motifs is 1. The minimum absolute atomic E-state index is 0. The van der Waals surface area contributed by atoms with Crippen LogP contribution in [-0.4, -0.2) is 24.7 Å². The molecule has 1 aromatic rings. The molecule has 24 heavy (non-hydrogen) atoms. The minimum atomic E-state index is -0.476. The van der Waals surface area contributed by atoms with E-state index < -0.39 is 6.04 Å². The van der Waals surface area contributed by atoms with E-state index in [0.29, 0.717) is 25.5 Å². The molecular weight excluding hydrogens is 328 g/mol. The Morgan fingerprint density at radius 1 is 1.46 bits per heavy atom. The lowest BCUT2D eigenvalue weighted by Gasteiger charge is -2.16. The van der Waals surface area contributed by atoms with Gasteiger partial charge < -0.3 is 20.5 Å². The Bertz CT molecular complexity index is 563. The number of amides is 1. The number of hydrogen-bond donors (Lipinski definition) is 2. The standard InChI is InChI=1S/C18H28N2O3.ClH/c1-5-22-16-8-13-7-12(4)23-17(13)9-14(16)10-20-18(21)15(19)6-11(2)3;/h8-9,11-12,15H,5-7,10,19H2,1-4H3,(H,20,21);1H/t12?,15-;/m0./s1. The lowest BCUT2D eigenvalue weighted by Crippen LogP contribution is -2.41. The Labute approximate surface area is 150 Å². The average molecular weight is 357 g/mol. The summed E-state index contributed by atoms with van der Waals surface area (Å²) in [5.41, 5.74) is 8.00. The molecule has 0 saturated carbocycles. The van der Waals surface area contributed by atoms with Crippen LogP contribution in [0.25, 0.3) is 0 Å². The molecule has 1 amide bonds. The number of nitrogens with one attached hydrogen (secondary N) is 1. The van der Waals surface area contributed by atoms with Gasteiger partial charge in [0.2, 0.25) is 5.91 Å². The second kappa shape index (κ2) is 9.14. The van der Waals surface area contributed by atoms with Gasteiger partial charge in [0.25, 0.3) is 0 Å². The van der Waals surface area contributed by atoms with E-state index in [9.17, 15) is 4.79 Å². The molecule has 1 unspecified atom stereocenters. The summed E-state index contributed by atoms with van der Waals surface area (Å²) in [6.45, 7) is 9.09. The molecule has 0 fully saturated rings. The first-order valence-electron chi connectivity index (χ1n) is 8.39. The number of hydrogen-bond acceptors (Lipinski definition) is 4. The second-order valence-corrected chi connectivity index (χ2v) is 6.59. The molecule has 2 atom stereocenters.